The van der Waals surface area contributed by atoms with Gasteiger partial charge in [0, 0.05) is 10.4 Å². The Morgan fingerprint density at radius 3 is 2.85 bits per heavy atom. The van der Waals surface area contributed by atoms with Gasteiger partial charge in [-0.05, 0) is 41.8 Å². The smallest absolute Gasteiger partial charge is 0.205 e. The summed E-state index contributed by atoms with van der Waals surface area (Å²) < 4.78 is 5.65. The third kappa shape index (κ3) is 1.69. The van der Waals surface area contributed by atoms with Gasteiger partial charge < -0.3 is 4.42 Å². The average molecular weight is 283 g/mol. The van der Waals surface area contributed by atoms with Crippen LogP contribution in [-0.2, 0) is 6.42 Å². The highest BCUT2D eigenvalue weighted by atomic mass is 35.5. The zero-order valence-electron chi connectivity index (χ0n) is 10.6. The van der Waals surface area contributed by atoms with E-state index in [-0.39, 0.29) is 11.7 Å². The summed E-state index contributed by atoms with van der Waals surface area (Å²) in [7, 11) is 0. The van der Waals surface area contributed by atoms with Gasteiger partial charge >= 0.3 is 0 Å². The van der Waals surface area contributed by atoms with Gasteiger partial charge in [-0.1, -0.05) is 35.9 Å². The predicted octanol–water partition coefficient (Wildman–Crippen LogP) is 4.61. The van der Waals surface area contributed by atoms with Gasteiger partial charge in [-0.25, -0.2) is 0 Å². The van der Waals surface area contributed by atoms with Crippen LogP contribution in [0.25, 0.3) is 11.0 Å². The van der Waals surface area contributed by atoms with Gasteiger partial charge in [-0.3, -0.25) is 4.79 Å². The predicted molar refractivity (Wildman–Crippen MR) is 78.4 cm³/mol. The Morgan fingerprint density at radius 1 is 1.15 bits per heavy atom. The maximum atomic E-state index is 12.5. The van der Waals surface area contributed by atoms with Crippen LogP contribution in [0.5, 0.6) is 0 Å². The number of fused-ring (bicyclic) bond motifs is 2. The van der Waals surface area contributed by atoms with Crippen molar-refractivity contribution in [3.8, 4) is 0 Å². The van der Waals surface area contributed by atoms with Crippen molar-refractivity contribution in [3.63, 3.8) is 0 Å². The van der Waals surface area contributed by atoms with Gasteiger partial charge in [0.2, 0.25) is 5.78 Å². The molecule has 0 fully saturated rings. The molecule has 1 atom stereocenters. The van der Waals surface area contributed by atoms with Crippen LogP contribution >= 0.6 is 11.6 Å². The normalized spacial score (nSPS) is 16.8. The number of halogens is 1. The number of rotatable bonds is 2. The monoisotopic (exact) mass is 282 g/mol. The fraction of sp³-hybridized carbons (Fsp3) is 0.118. The summed E-state index contributed by atoms with van der Waals surface area (Å²) in [5.41, 5.74) is 3.08. The molecule has 0 saturated carbocycles. The highest BCUT2D eigenvalue weighted by molar-refractivity contribution is 6.31. The Hall–Kier alpha value is -2.06. The van der Waals surface area contributed by atoms with E-state index in [1.807, 2.05) is 24.3 Å². The maximum absolute atomic E-state index is 12.5. The first-order valence-electron chi connectivity index (χ1n) is 6.53. The van der Waals surface area contributed by atoms with Crippen molar-refractivity contribution in [2.45, 2.75) is 12.3 Å². The summed E-state index contributed by atoms with van der Waals surface area (Å²) >= 11 is 5.95. The standard InChI is InChI=1S/C17H11ClO2/c18-12-5-6-15-11(7-12)9-16(20-15)17(19)14-8-10-3-1-2-4-13(10)14/h1-7,9,14H,8H2. The van der Waals surface area contributed by atoms with Gasteiger partial charge in [-0.15, -0.1) is 0 Å². The molecule has 0 amide bonds. The molecule has 4 rings (SSSR count). The van der Waals surface area contributed by atoms with E-state index in [1.165, 1.54) is 5.56 Å². The average Bonchev–Trinajstić information content (AvgIpc) is 2.83. The van der Waals surface area contributed by atoms with E-state index < -0.39 is 0 Å². The molecule has 0 saturated heterocycles. The Labute approximate surface area is 121 Å². The fourth-order valence-corrected chi connectivity index (χ4v) is 2.98. The summed E-state index contributed by atoms with van der Waals surface area (Å²) in [5.74, 6) is 0.403. The van der Waals surface area contributed by atoms with Crippen molar-refractivity contribution in [2.24, 2.45) is 0 Å². The Kier molecular flexibility index (Phi) is 2.48. The second-order valence-corrected chi connectivity index (χ2v) is 5.55. The fourth-order valence-electron chi connectivity index (χ4n) is 2.80. The van der Waals surface area contributed by atoms with E-state index in [2.05, 4.69) is 6.07 Å². The van der Waals surface area contributed by atoms with Gasteiger partial charge in [0.15, 0.2) is 5.76 Å². The van der Waals surface area contributed by atoms with E-state index in [0.29, 0.717) is 16.4 Å². The molecule has 3 heteroatoms. The molecule has 3 aromatic rings. The van der Waals surface area contributed by atoms with Crippen LogP contribution in [0, 0.1) is 0 Å². The van der Waals surface area contributed by atoms with Crippen molar-refractivity contribution in [2.75, 3.05) is 0 Å². The summed E-state index contributed by atoms with van der Waals surface area (Å²) in [6.07, 6.45) is 0.798. The number of hydrogen-bond donors (Lipinski definition) is 0. The van der Waals surface area contributed by atoms with E-state index in [9.17, 15) is 4.79 Å². The van der Waals surface area contributed by atoms with Crippen molar-refractivity contribution in [1.82, 2.24) is 0 Å². The molecule has 1 aliphatic carbocycles. The highest BCUT2D eigenvalue weighted by Gasteiger charge is 2.33. The molecule has 20 heavy (non-hydrogen) atoms. The first-order valence-corrected chi connectivity index (χ1v) is 6.91. The Morgan fingerprint density at radius 2 is 2.00 bits per heavy atom. The van der Waals surface area contributed by atoms with Crippen LogP contribution in [0.1, 0.15) is 27.6 Å². The SMILES string of the molecule is O=C(c1cc2cc(Cl)ccc2o1)C1Cc2ccccc21. The second-order valence-electron chi connectivity index (χ2n) is 5.11. The molecule has 0 spiro atoms. The molecule has 2 nitrogen and oxygen atoms in total. The minimum atomic E-state index is -0.0674. The first kappa shape index (κ1) is 11.7. The molecule has 0 radical (unpaired) electrons. The number of furan rings is 1. The van der Waals surface area contributed by atoms with Crippen LogP contribution < -0.4 is 0 Å². The number of benzene rings is 2. The lowest BCUT2D eigenvalue weighted by Gasteiger charge is -2.27. The molecule has 0 N–H and O–H groups in total. The van der Waals surface area contributed by atoms with Gasteiger partial charge in [0.25, 0.3) is 0 Å². The van der Waals surface area contributed by atoms with Crippen LogP contribution in [0.2, 0.25) is 5.02 Å². The molecule has 98 valence electrons. The quantitative estimate of drug-likeness (QED) is 0.643. The molecule has 1 heterocycles. The van der Waals surface area contributed by atoms with Crippen molar-refractivity contribution in [1.29, 1.82) is 0 Å². The van der Waals surface area contributed by atoms with Gasteiger partial charge in [0.1, 0.15) is 5.58 Å². The van der Waals surface area contributed by atoms with Crippen molar-refractivity contribution >= 4 is 28.4 Å². The van der Waals surface area contributed by atoms with Crippen LogP contribution in [0.3, 0.4) is 0 Å². The summed E-state index contributed by atoms with van der Waals surface area (Å²) in [6.45, 7) is 0. The molecule has 2 aromatic carbocycles. The topological polar surface area (TPSA) is 30.2 Å². The number of Topliss-reactive ketones (excluding diaryl/α,β-unsaturated/α-hetero) is 1. The number of carbonyl (C=O) groups excluding carboxylic acids is 1. The first-order chi connectivity index (χ1) is 9.72. The summed E-state index contributed by atoms with van der Waals surface area (Å²) in [4.78, 5) is 12.5. The molecular formula is C17H11ClO2. The van der Waals surface area contributed by atoms with Gasteiger partial charge in [0.05, 0.1) is 5.92 Å². The van der Waals surface area contributed by atoms with Crippen LogP contribution in [-0.4, -0.2) is 5.78 Å². The van der Waals surface area contributed by atoms with E-state index in [1.54, 1.807) is 18.2 Å². The third-order valence-electron chi connectivity index (χ3n) is 3.89. The maximum Gasteiger partial charge on any atom is 0.205 e. The number of hydrogen-bond acceptors (Lipinski definition) is 2. The van der Waals surface area contributed by atoms with E-state index in [0.717, 1.165) is 17.4 Å². The Bertz CT molecular complexity index is 832. The van der Waals surface area contributed by atoms with Crippen molar-refractivity contribution < 1.29 is 9.21 Å². The lowest BCUT2D eigenvalue weighted by atomic mass is 9.75. The molecule has 1 unspecified atom stereocenters. The molecule has 1 aliphatic rings. The summed E-state index contributed by atoms with van der Waals surface area (Å²) in [5, 5.41) is 1.51. The van der Waals surface area contributed by atoms with Crippen LogP contribution in [0.4, 0.5) is 0 Å². The molecular weight excluding hydrogens is 272 g/mol. The minimum absolute atomic E-state index is 0.0519. The highest BCUT2D eigenvalue weighted by Crippen LogP contribution is 2.38. The molecule has 0 aliphatic heterocycles. The van der Waals surface area contributed by atoms with E-state index in [4.69, 9.17) is 16.0 Å². The largest absolute Gasteiger partial charge is 0.453 e. The lowest BCUT2D eigenvalue weighted by Crippen LogP contribution is -2.24. The number of carbonyl (C=O) groups is 1. The minimum Gasteiger partial charge on any atom is -0.453 e. The zero-order valence-corrected chi connectivity index (χ0v) is 11.4. The Balaban J connectivity index is 1.72. The third-order valence-corrected chi connectivity index (χ3v) is 4.13. The van der Waals surface area contributed by atoms with Crippen molar-refractivity contribution in [3.05, 3.63) is 70.4 Å². The molecule has 1 aromatic heterocycles. The summed E-state index contributed by atoms with van der Waals surface area (Å²) in [6, 6.07) is 15.2. The number of ketones is 1. The zero-order chi connectivity index (χ0) is 13.7. The second kappa shape index (κ2) is 4.22. The van der Waals surface area contributed by atoms with Crippen LogP contribution in [0.15, 0.2) is 52.9 Å². The van der Waals surface area contributed by atoms with E-state index >= 15 is 0 Å². The lowest BCUT2D eigenvalue weighted by molar-refractivity contribution is 0.0923. The molecule has 0 bridgehead atoms. The van der Waals surface area contributed by atoms with Gasteiger partial charge in [-0.2, -0.15) is 0 Å².